The lowest BCUT2D eigenvalue weighted by atomic mass is 10.1. The normalized spacial score (nSPS) is 20.6. The number of aromatic nitrogens is 1. The summed E-state index contributed by atoms with van der Waals surface area (Å²) < 4.78 is 5.27. The minimum Gasteiger partial charge on any atom is -0.497 e. The molecule has 0 spiro atoms. The van der Waals surface area contributed by atoms with Crippen molar-refractivity contribution in [2.45, 2.75) is 6.04 Å². The van der Waals surface area contributed by atoms with Crippen LogP contribution in [-0.2, 0) is 0 Å². The molecule has 0 radical (unpaired) electrons. The molecule has 4 nitrogen and oxygen atoms in total. The van der Waals surface area contributed by atoms with E-state index < -0.39 is 0 Å². The second-order valence-corrected chi connectivity index (χ2v) is 5.00. The molecule has 0 amide bonds. The van der Waals surface area contributed by atoms with Crippen LogP contribution in [0.15, 0.2) is 30.3 Å². The largest absolute Gasteiger partial charge is 0.497 e. The zero-order valence-corrected chi connectivity index (χ0v) is 11.4. The number of fused-ring (bicyclic) bond motifs is 1. The molecule has 1 fully saturated rings. The van der Waals surface area contributed by atoms with Crippen molar-refractivity contribution in [1.82, 2.24) is 15.2 Å². The number of hydrogen-bond donors (Lipinski definition) is 1. The summed E-state index contributed by atoms with van der Waals surface area (Å²) >= 11 is 0. The summed E-state index contributed by atoms with van der Waals surface area (Å²) in [5.41, 5.74) is 2.12. The van der Waals surface area contributed by atoms with Crippen LogP contribution in [0.5, 0.6) is 5.75 Å². The first kappa shape index (κ1) is 12.4. The summed E-state index contributed by atoms with van der Waals surface area (Å²) in [5.74, 6) is 0.854. The highest BCUT2D eigenvalue weighted by Gasteiger charge is 2.21. The number of methoxy groups -OCH3 is 1. The molecule has 2 heterocycles. The number of likely N-dealkylation sites (N-methyl/N-ethyl adjacent to an activating group) is 1. The average molecular weight is 257 g/mol. The molecule has 1 N–H and O–H groups in total. The highest BCUT2D eigenvalue weighted by molar-refractivity contribution is 5.80. The Kier molecular flexibility index (Phi) is 3.36. The molecule has 2 aromatic rings. The summed E-state index contributed by atoms with van der Waals surface area (Å²) in [5, 5.41) is 4.58. The highest BCUT2D eigenvalue weighted by Crippen LogP contribution is 2.24. The van der Waals surface area contributed by atoms with E-state index in [1.165, 1.54) is 0 Å². The van der Waals surface area contributed by atoms with Crippen LogP contribution in [0, 0.1) is 0 Å². The van der Waals surface area contributed by atoms with Crippen LogP contribution < -0.4 is 10.1 Å². The minimum absolute atomic E-state index is 0.351. The van der Waals surface area contributed by atoms with Gasteiger partial charge in [0.15, 0.2) is 0 Å². The first-order valence-corrected chi connectivity index (χ1v) is 6.63. The highest BCUT2D eigenvalue weighted by atomic mass is 16.5. The quantitative estimate of drug-likeness (QED) is 0.890. The van der Waals surface area contributed by atoms with E-state index in [1.54, 1.807) is 7.11 Å². The standard InChI is InChI=1S/C15H19N3O/c1-18-8-7-16-10-15(18)13-6-4-11-3-5-12(19-2)9-14(11)17-13/h3-6,9,15-16H,7-8,10H2,1-2H3. The van der Waals surface area contributed by atoms with Crippen LogP contribution in [0.4, 0.5) is 0 Å². The molecule has 0 saturated carbocycles. The number of nitrogens with zero attached hydrogens (tertiary/aromatic N) is 2. The van der Waals surface area contributed by atoms with E-state index in [0.717, 1.165) is 42.0 Å². The summed E-state index contributed by atoms with van der Waals surface area (Å²) in [6, 6.07) is 10.6. The molecule has 19 heavy (non-hydrogen) atoms. The van der Waals surface area contributed by atoms with Crippen molar-refractivity contribution in [2.24, 2.45) is 0 Å². The van der Waals surface area contributed by atoms with Crippen LogP contribution >= 0.6 is 0 Å². The smallest absolute Gasteiger partial charge is 0.121 e. The van der Waals surface area contributed by atoms with Crippen LogP contribution in [0.1, 0.15) is 11.7 Å². The molecule has 0 bridgehead atoms. The fraction of sp³-hybridized carbons (Fsp3) is 0.400. The maximum Gasteiger partial charge on any atom is 0.121 e. The van der Waals surface area contributed by atoms with Gasteiger partial charge in [0, 0.05) is 31.1 Å². The van der Waals surface area contributed by atoms with Crippen LogP contribution in [-0.4, -0.2) is 43.7 Å². The second kappa shape index (κ2) is 5.15. The lowest BCUT2D eigenvalue weighted by molar-refractivity contribution is 0.199. The summed E-state index contributed by atoms with van der Waals surface area (Å²) in [4.78, 5) is 7.15. The molecule has 1 aromatic heterocycles. The van der Waals surface area contributed by atoms with E-state index in [9.17, 15) is 0 Å². The third-order valence-electron chi connectivity index (χ3n) is 3.77. The number of pyridine rings is 1. The molecule has 100 valence electrons. The zero-order valence-electron chi connectivity index (χ0n) is 11.4. The van der Waals surface area contributed by atoms with Crippen molar-refractivity contribution in [3.8, 4) is 5.75 Å². The Labute approximate surface area is 113 Å². The van der Waals surface area contributed by atoms with E-state index in [0.29, 0.717) is 6.04 Å². The second-order valence-electron chi connectivity index (χ2n) is 5.00. The summed E-state index contributed by atoms with van der Waals surface area (Å²) in [6.45, 7) is 3.07. The molecular formula is C15H19N3O. The Bertz CT molecular complexity index is 585. The van der Waals surface area contributed by atoms with E-state index in [1.807, 2.05) is 18.2 Å². The van der Waals surface area contributed by atoms with Crippen LogP contribution in [0.25, 0.3) is 10.9 Å². The predicted molar refractivity (Wildman–Crippen MR) is 76.5 cm³/mol. The Morgan fingerprint density at radius 2 is 2.16 bits per heavy atom. The topological polar surface area (TPSA) is 37.4 Å². The number of rotatable bonds is 2. The zero-order chi connectivity index (χ0) is 13.2. The van der Waals surface area contributed by atoms with Gasteiger partial charge in [0.2, 0.25) is 0 Å². The Morgan fingerprint density at radius 1 is 1.32 bits per heavy atom. The first-order chi connectivity index (χ1) is 9.28. The van der Waals surface area contributed by atoms with E-state index in [4.69, 9.17) is 9.72 Å². The minimum atomic E-state index is 0.351. The molecule has 1 aliphatic heterocycles. The summed E-state index contributed by atoms with van der Waals surface area (Å²) in [6.07, 6.45) is 0. The lowest BCUT2D eigenvalue weighted by Crippen LogP contribution is -2.44. The number of nitrogens with one attached hydrogen (secondary N) is 1. The Hall–Kier alpha value is -1.65. The third kappa shape index (κ3) is 2.41. The lowest BCUT2D eigenvalue weighted by Gasteiger charge is -2.32. The van der Waals surface area contributed by atoms with Crippen molar-refractivity contribution in [2.75, 3.05) is 33.8 Å². The van der Waals surface area contributed by atoms with Gasteiger partial charge in [0.1, 0.15) is 5.75 Å². The maximum absolute atomic E-state index is 5.27. The molecule has 1 atom stereocenters. The van der Waals surface area contributed by atoms with Gasteiger partial charge in [-0.05, 0) is 25.2 Å². The first-order valence-electron chi connectivity index (χ1n) is 6.63. The molecule has 4 heteroatoms. The van der Waals surface area contributed by atoms with E-state index >= 15 is 0 Å². The molecule has 1 aromatic carbocycles. The van der Waals surface area contributed by atoms with Gasteiger partial charge < -0.3 is 10.1 Å². The van der Waals surface area contributed by atoms with Crippen molar-refractivity contribution in [3.05, 3.63) is 36.0 Å². The van der Waals surface area contributed by atoms with Gasteiger partial charge in [-0.2, -0.15) is 0 Å². The monoisotopic (exact) mass is 257 g/mol. The van der Waals surface area contributed by atoms with Crippen LogP contribution in [0.2, 0.25) is 0 Å². The fourth-order valence-corrected chi connectivity index (χ4v) is 2.56. The Balaban J connectivity index is 1.99. The molecular weight excluding hydrogens is 238 g/mol. The van der Waals surface area contributed by atoms with Crippen LogP contribution in [0.3, 0.4) is 0 Å². The number of piperazine rings is 1. The molecule has 1 saturated heterocycles. The summed E-state index contributed by atoms with van der Waals surface area (Å²) in [7, 11) is 3.84. The van der Waals surface area contributed by atoms with Gasteiger partial charge in [-0.3, -0.25) is 9.88 Å². The molecule has 0 aliphatic carbocycles. The van der Waals surface area contributed by atoms with Gasteiger partial charge in [0.05, 0.1) is 24.4 Å². The van der Waals surface area contributed by atoms with E-state index in [-0.39, 0.29) is 0 Å². The number of hydrogen-bond acceptors (Lipinski definition) is 4. The van der Waals surface area contributed by atoms with Gasteiger partial charge >= 0.3 is 0 Å². The molecule has 1 unspecified atom stereocenters. The fourth-order valence-electron chi connectivity index (χ4n) is 2.56. The predicted octanol–water partition coefficient (Wildman–Crippen LogP) is 1.82. The van der Waals surface area contributed by atoms with Gasteiger partial charge in [-0.1, -0.05) is 6.07 Å². The van der Waals surface area contributed by atoms with E-state index in [2.05, 4.69) is 29.4 Å². The Morgan fingerprint density at radius 3 is 2.95 bits per heavy atom. The molecule has 1 aliphatic rings. The van der Waals surface area contributed by atoms with Crippen molar-refractivity contribution < 1.29 is 4.74 Å². The van der Waals surface area contributed by atoms with Crippen molar-refractivity contribution in [1.29, 1.82) is 0 Å². The SMILES string of the molecule is COc1ccc2ccc(C3CNCCN3C)nc2c1. The van der Waals surface area contributed by atoms with Crippen molar-refractivity contribution in [3.63, 3.8) is 0 Å². The maximum atomic E-state index is 5.27. The number of benzene rings is 1. The van der Waals surface area contributed by atoms with Gasteiger partial charge in [-0.25, -0.2) is 0 Å². The molecule has 3 rings (SSSR count). The van der Waals surface area contributed by atoms with Crippen molar-refractivity contribution >= 4 is 10.9 Å². The average Bonchev–Trinajstić information content (AvgIpc) is 2.46. The van der Waals surface area contributed by atoms with Gasteiger partial charge in [-0.15, -0.1) is 0 Å². The number of ether oxygens (including phenoxy) is 1. The third-order valence-corrected chi connectivity index (χ3v) is 3.77. The van der Waals surface area contributed by atoms with Gasteiger partial charge in [0.25, 0.3) is 0 Å².